The Bertz CT molecular complexity index is 843. The highest BCUT2D eigenvalue weighted by Crippen LogP contribution is 2.26. The summed E-state index contributed by atoms with van der Waals surface area (Å²) in [4.78, 5) is 34.8. The number of benzene rings is 1. The summed E-state index contributed by atoms with van der Waals surface area (Å²) in [5.41, 5.74) is 0.128. The molecule has 10 heteroatoms. The van der Waals surface area contributed by atoms with Gasteiger partial charge in [-0.2, -0.15) is 4.31 Å². The van der Waals surface area contributed by atoms with Crippen LogP contribution in [0.2, 0.25) is 0 Å². The second kappa shape index (κ2) is 9.84. The normalized spacial score (nSPS) is 20.0. The van der Waals surface area contributed by atoms with Crippen LogP contribution < -0.4 is 10.6 Å². The molecule has 29 heavy (non-hydrogen) atoms. The number of hydrogen-bond acceptors (Lipinski definition) is 6. The van der Waals surface area contributed by atoms with Gasteiger partial charge < -0.3 is 15.4 Å². The third-order valence-electron chi connectivity index (χ3n) is 4.62. The van der Waals surface area contributed by atoms with Gasteiger partial charge in [0.1, 0.15) is 0 Å². The van der Waals surface area contributed by atoms with Gasteiger partial charge in [0.2, 0.25) is 15.9 Å². The number of rotatable bonds is 7. The van der Waals surface area contributed by atoms with Gasteiger partial charge in [-0.15, -0.1) is 0 Å². The van der Waals surface area contributed by atoms with Crippen LogP contribution in [0.15, 0.2) is 29.2 Å². The first kappa shape index (κ1) is 22.8. The number of sulfonamides is 1. The molecule has 0 bridgehead atoms. The molecule has 2 rings (SSSR count). The topological polar surface area (TPSA) is 122 Å². The molecule has 9 nitrogen and oxygen atoms in total. The number of amides is 2. The lowest BCUT2D eigenvalue weighted by Gasteiger charge is -2.34. The van der Waals surface area contributed by atoms with Crippen LogP contribution in [0.1, 0.15) is 30.6 Å². The Morgan fingerprint density at radius 2 is 1.66 bits per heavy atom. The number of carbonyl (C=O) groups excluding carboxylic acids is 3. The third-order valence-corrected chi connectivity index (χ3v) is 6.47. The van der Waals surface area contributed by atoms with E-state index >= 15 is 0 Å². The van der Waals surface area contributed by atoms with E-state index in [4.69, 9.17) is 4.74 Å². The van der Waals surface area contributed by atoms with Crippen LogP contribution in [0.4, 0.5) is 0 Å². The van der Waals surface area contributed by atoms with Crippen molar-refractivity contribution in [2.45, 2.75) is 25.2 Å². The van der Waals surface area contributed by atoms with E-state index in [9.17, 15) is 22.8 Å². The lowest BCUT2D eigenvalue weighted by molar-refractivity contribution is -0.127. The molecule has 0 saturated carbocycles. The van der Waals surface area contributed by atoms with Crippen molar-refractivity contribution in [3.8, 4) is 0 Å². The van der Waals surface area contributed by atoms with E-state index in [1.165, 1.54) is 35.6 Å². The zero-order chi connectivity index (χ0) is 21.6. The molecule has 1 heterocycles. The molecule has 0 radical (unpaired) electrons. The number of carbonyl (C=O) groups is 3. The van der Waals surface area contributed by atoms with Crippen molar-refractivity contribution < 1.29 is 27.5 Å². The van der Waals surface area contributed by atoms with Crippen LogP contribution in [-0.4, -0.2) is 63.8 Å². The molecule has 0 unspecified atom stereocenters. The first-order chi connectivity index (χ1) is 13.6. The van der Waals surface area contributed by atoms with Crippen LogP contribution in [0, 0.1) is 11.8 Å². The molecule has 0 aromatic heterocycles. The molecule has 1 aromatic carbocycles. The molecule has 1 saturated heterocycles. The second-order valence-corrected chi connectivity index (χ2v) is 9.26. The fraction of sp³-hybridized carbons (Fsp3) is 0.526. The molecular weight excluding hydrogens is 398 g/mol. The van der Waals surface area contributed by atoms with Crippen molar-refractivity contribution >= 4 is 27.8 Å². The predicted molar refractivity (Wildman–Crippen MR) is 106 cm³/mol. The first-order valence-corrected chi connectivity index (χ1v) is 10.8. The van der Waals surface area contributed by atoms with Crippen molar-refractivity contribution in [1.29, 1.82) is 0 Å². The fourth-order valence-electron chi connectivity index (χ4n) is 3.25. The molecule has 1 aliphatic heterocycles. The van der Waals surface area contributed by atoms with Crippen LogP contribution in [0.25, 0.3) is 0 Å². The number of ether oxygens (including phenoxy) is 1. The molecule has 2 amide bonds. The van der Waals surface area contributed by atoms with Gasteiger partial charge >= 0.3 is 5.97 Å². The van der Waals surface area contributed by atoms with E-state index in [1.54, 1.807) is 0 Å². The molecule has 2 atom stereocenters. The maximum atomic E-state index is 12.9. The number of esters is 1. The average Bonchev–Trinajstić information content (AvgIpc) is 2.69. The number of likely N-dealkylation sites (N-methyl/N-ethyl adjacent to an activating group) is 1. The molecule has 0 aliphatic carbocycles. The van der Waals surface area contributed by atoms with Crippen molar-refractivity contribution in [2.75, 3.05) is 33.3 Å². The second-order valence-electron chi connectivity index (χ2n) is 7.32. The summed E-state index contributed by atoms with van der Waals surface area (Å²) in [6.07, 6.45) is 0.994. The number of hydrogen-bond donors (Lipinski definition) is 2. The maximum Gasteiger partial charge on any atom is 0.338 e. The van der Waals surface area contributed by atoms with E-state index < -0.39 is 28.5 Å². The lowest BCUT2D eigenvalue weighted by atomic mass is 9.94. The van der Waals surface area contributed by atoms with Crippen LogP contribution >= 0.6 is 0 Å². The number of nitrogens with one attached hydrogen (secondary N) is 2. The highest BCUT2D eigenvalue weighted by atomic mass is 32.2. The SMILES string of the molecule is CNC(=O)CNC(=O)COC(=O)c1ccc(S(=O)(=O)N2C[C@H](C)C[C@@H](C)C2)cc1. The van der Waals surface area contributed by atoms with Gasteiger partial charge in [-0.1, -0.05) is 13.8 Å². The minimum Gasteiger partial charge on any atom is -0.452 e. The summed E-state index contributed by atoms with van der Waals surface area (Å²) < 4.78 is 32.1. The fourth-order valence-corrected chi connectivity index (χ4v) is 4.93. The minimum absolute atomic E-state index is 0.110. The van der Waals surface area contributed by atoms with Crippen molar-refractivity contribution in [2.24, 2.45) is 11.8 Å². The molecule has 2 N–H and O–H groups in total. The van der Waals surface area contributed by atoms with E-state index in [-0.39, 0.29) is 34.7 Å². The highest BCUT2D eigenvalue weighted by molar-refractivity contribution is 7.89. The monoisotopic (exact) mass is 425 g/mol. The molecule has 1 aliphatic rings. The molecule has 1 fully saturated rings. The Labute approximate surface area is 170 Å². The van der Waals surface area contributed by atoms with Crippen LogP contribution in [0.5, 0.6) is 0 Å². The van der Waals surface area contributed by atoms with Gasteiger partial charge in [-0.3, -0.25) is 9.59 Å². The minimum atomic E-state index is -3.63. The largest absolute Gasteiger partial charge is 0.452 e. The highest BCUT2D eigenvalue weighted by Gasteiger charge is 2.31. The van der Waals surface area contributed by atoms with Gasteiger partial charge in [-0.25, -0.2) is 13.2 Å². The summed E-state index contributed by atoms with van der Waals surface area (Å²) >= 11 is 0. The Hall–Kier alpha value is -2.46. The summed E-state index contributed by atoms with van der Waals surface area (Å²) in [6.45, 7) is 4.25. The van der Waals surface area contributed by atoms with Crippen molar-refractivity contribution in [3.05, 3.63) is 29.8 Å². The van der Waals surface area contributed by atoms with E-state index in [0.29, 0.717) is 13.1 Å². The third kappa shape index (κ3) is 6.26. The summed E-state index contributed by atoms with van der Waals surface area (Å²) in [5, 5.41) is 4.64. The Balaban J connectivity index is 1.96. The van der Waals surface area contributed by atoms with E-state index in [1.807, 2.05) is 13.8 Å². The summed E-state index contributed by atoms with van der Waals surface area (Å²) in [5.74, 6) is -1.17. The summed E-state index contributed by atoms with van der Waals surface area (Å²) in [6, 6.07) is 5.44. The van der Waals surface area contributed by atoms with Gasteiger partial charge in [0, 0.05) is 20.1 Å². The smallest absolute Gasteiger partial charge is 0.338 e. The van der Waals surface area contributed by atoms with Gasteiger partial charge in [0.15, 0.2) is 6.61 Å². The standard InChI is InChI=1S/C19H27N3O6S/c1-13-8-14(2)11-22(10-13)29(26,27)16-6-4-15(5-7-16)19(25)28-12-18(24)21-9-17(23)20-3/h4-7,13-14H,8-12H2,1-3H3,(H,20,23)(H,21,24)/t13-,14-/m1/s1. The number of nitrogens with zero attached hydrogens (tertiary/aromatic N) is 1. The first-order valence-electron chi connectivity index (χ1n) is 9.38. The lowest BCUT2D eigenvalue weighted by Crippen LogP contribution is -2.42. The van der Waals surface area contributed by atoms with Gasteiger partial charge in [-0.05, 0) is 42.5 Å². The Kier molecular flexibility index (Phi) is 7.74. The predicted octanol–water partition coefficient (Wildman–Crippen LogP) is 0.372. The van der Waals surface area contributed by atoms with Crippen molar-refractivity contribution in [1.82, 2.24) is 14.9 Å². The van der Waals surface area contributed by atoms with Crippen LogP contribution in [-0.2, 0) is 24.3 Å². The maximum absolute atomic E-state index is 12.9. The van der Waals surface area contributed by atoms with E-state index in [2.05, 4.69) is 10.6 Å². The molecular formula is C19H27N3O6S. The quantitative estimate of drug-likeness (QED) is 0.609. The average molecular weight is 426 g/mol. The Morgan fingerprint density at radius 3 is 2.21 bits per heavy atom. The summed E-state index contributed by atoms with van der Waals surface area (Å²) in [7, 11) is -2.20. The number of piperidine rings is 1. The molecule has 160 valence electrons. The molecule has 1 aromatic rings. The van der Waals surface area contributed by atoms with Gasteiger partial charge in [0.25, 0.3) is 5.91 Å². The van der Waals surface area contributed by atoms with Crippen molar-refractivity contribution in [3.63, 3.8) is 0 Å². The zero-order valence-corrected chi connectivity index (χ0v) is 17.6. The molecule has 0 spiro atoms. The zero-order valence-electron chi connectivity index (χ0n) is 16.8. The Morgan fingerprint density at radius 1 is 1.07 bits per heavy atom. The van der Waals surface area contributed by atoms with E-state index in [0.717, 1.165) is 6.42 Å². The van der Waals surface area contributed by atoms with Gasteiger partial charge in [0.05, 0.1) is 17.0 Å². The van der Waals surface area contributed by atoms with Crippen LogP contribution in [0.3, 0.4) is 0 Å².